The lowest BCUT2D eigenvalue weighted by Gasteiger charge is -2.36. The van der Waals surface area contributed by atoms with E-state index in [9.17, 15) is 14.0 Å². The lowest BCUT2D eigenvalue weighted by Crippen LogP contribution is -2.53. The monoisotopic (exact) mass is 224 g/mol. The van der Waals surface area contributed by atoms with Gasteiger partial charge in [-0.3, -0.25) is 14.6 Å². The first-order valence-electron chi connectivity index (χ1n) is 4.70. The summed E-state index contributed by atoms with van der Waals surface area (Å²) in [6.07, 6.45) is 2.27. The van der Waals surface area contributed by atoms with Crippen LogP contribution in [0.2, 0.25) is 0 Å². The fourth-order valence-electron chi connectivity index (χ4n) is 1.51. The van der Waals surface area contributed by atoms with Crippen molar-refractivity contribution in [2.45, 2.75) is 0 Å². The van der Waals surface area contributed by atoms with Crippen LogP contribution in [0.4, 0.5) is 4.39 Å². The molecule has 1 aliphatic heterocycles. The van der Waals surface area contributed by atoms with Crippen molar-refractivity contribution in [1.82, 2.24) is 9.88 Å². The highest BCUT2D eigenvalue weighted by atomic mass is 19.1. The zero-order valence-electron chi connectivity index (χ0n) is 8.26. The minimum absolute atomic E-state index is 0.142. The van der Waals surface area contributed by atoms with Crippen LogP contribution in [0, 0.1) is 11.7 Å². The summed E-state index contributed by atoms with van der Waals surface area (Å²) in [5.74, 6) is -2.39. The number of hydrogen-bond donors (Lipinski definition) is 1. The molecule has 0 aromatic carbocycles. The maximum absolute atomic E-state index is 12.8. The van der Waals surface area contributed by atoms with Crippen LogP contribution in [0.15, 0.2) is 18.5 Å². The molecule has 0 aliphatic carbocycles. The van der Waals surface area contributed by atoms with E-state index in [0.29, 0.717) is 0 Å². The third kappa shape index (κ3) is 1.86. The smallest absolute Gasteiger partial charge is 0.310 e. The van der Waals surface area contributed by atoms with E-state index in [4.69, 9.17) is 5.11 Å². The molecule has 0 spiro atoms. The van der Waals surface area contributed by atoms with Crippen molar-refractivity contribution in [2.24, 2.45) is 5.92 Å². The fourth-order valence-corrected chi connectivity index (χ4v) is 1.51. The quantitative estimate of drug-likeness (QED) is 0.788. The Kier molecular flexibility index (Phi) is 2.55. The summed E-state index contributed by atoms with van der Waals surface area (Å²) in [7, 11) is 0. The van der Waals surface area contributed by atoms with E-state index >= 15 is 0 Å². The molecule has 0 atom stereocenters. The zero-order valence-corrected chi connectivity index (χ0v) is 8.26. The zero-order chi connectivity index (χ0) is 11.7. The van der Waals surface area contributed by atoms with Crippen LogP contribution in [0.3, 0.4) is 0 Å². The van der Waals surface area contributed by atoms with E-state index in [2.05, 4.69) is 4.98 Å². The van der Waals surface area contributed by atoms with E-state index in [-0.39, 0.29) is 24.6 Å². The topological polar surface area (TPSA) is 70.5 Å². The van der Waals surface area contributed by atoms with Crippen molar-refractivity contribution >= 4 is 11.9 Å². The molecular formula is C10H9FN2O3. The van der Waals surface area contributed by atoms with Gasteiger partial charge in [0, 0.05) is 19.3 Å². The van der Waals surface area contributed by atoms with Gasteiger partial charge < -0.3 is 10.0 Å². The number of nitrogens with zero attached hydrogens (tertiary/aromatic N) is 2. The lowest BCUT2D eigenvalue weighted by atomic mass is 9.99. The molecule has 1 fully saturated rings. The molecule has 2 rings (SSSR count). The Morgan fingerprint density at radius 3 is 2.69 bits per heavy atom. The summed E-state index contributed by atoms with van der Waals surface area (Å²) in [5, 5.41) is 8.64. The number of halogens is 1. The second kappa shape index (κ2) is 3.88. The predicted molar refractivity (Wildman–Crippen MR) is 51.2 cm³/mol. The van der Waals surface area contributed by atoms with Gasteiger partial charge in [0.05, 0.1) is 17.7 Å². The number of rotatable bonds is 2. The molecule has 1 saturated heterocycles. The van der Waals surface area contributed by atoms with E-state index in [1.807, 2.05) is 0 Å². The first-order valence-corrected chi connectivity index (χ1v) is 4.70. The second-order valence-corrected chi connectivity index (χ2v) is 3.64. The Balaban J connectivity index is 2.03. The molecule has 0 saturated carbocycles. The fraction of sp³-hybridized carbons (Fsp3) is 0.300. The number of pyridine rings is 1. The number of aromatic nitrogens is 1. The maximum Gasteiger partial charge on any atom is 0.310 e. The third-order valence-corrected chi connectivity index (χ3v) is 2.47. The second-order valence-electron chi connectivity index (χ2n) is 3.64. The predicted octanol–water partition coefficient (Wildman–Crippen LogP) is 0.377. The van der Waals surface area contributed by atoms with Crippen molar-refractivity contribution in [2.75, 3.05) is 13.1 Å². The van der Waals surface area contributed by atoms with Crippen molar-refractivity contribution < 1.29 is 19.1 Å². The molecule has 5 nitrogen and oxygen atoms in total. The summed E-state index contributed by atoms with van der Waals surface area (Å²) in [5.41, 5.74) is 0.142. The summed E-state index contributed by atoms with van der Waals surface area (Å²) < 4.78 is 12.8. The SMILES string of the molecule is O=C(O)C1CN(C(=O)c2cncc(F)c2)C1. The maximum atomic E-state index is 12.8. The molecule has 1 amide bonds. The van der Waals surface area contributed by atoms with E-state index < -0.39 is 17.7 Å². The van der Waals surface area contributed by atoms with Gasteiger partial charge in [-0.1, -0.05) is 0 Å². The molecular weight excluding hydrogens is 215 g/mol. The molecule has 1 N–H and O–H groups in total. The molecule has 16 heavy (non-hydrogen) atoms. The van der Waals surface area contributed by atoms with Crippen molar-refractivity contribution in [3.8, 4) is 0 Å². The van der Waals surface area contributed by atoms with Gasteiger partial charge in [0.15, 0.2) is 0 Å². The van der Waals surface area contributed by atoms with Gasteiger partial charge in [0.2, 0.25) is 0 Å². The van der Waals surface area contributed by atoms with E-state index in [0.717, 1.165) is 12.3 Å². The molecule has 2 heterocycles. The van der Waals surface area contributed by atoms with Gasteiger partial charge in [-0.05, 0) is 6.07 Å². The average Bonchev–Trinajstić information content (AvgIpc) is 2.14. The summed E-state index contributed by atoms with van der Waals surface area (Å²) in [6.45, 7) is 0.343. The number of amides is 1. The standard InChI is InChI=1S/C10H9FN2O3/c11-8-1-6(2-12-3-8)9(14)13-4-7(5-13)10(15)16/h1-3,7H,4-5H2,(H,15,16). The number of carboxylic acid groups (broad SMARTS) is 1. The van der Waals surface area contributed by atoms with E-state index in [1.54, 1.807) is 0 Å². The van der Waals surface area contributed by atoms with Crippen LogP contribution in [0.25, 0.3) is 0 Å². The molecule has 0 bridgehead atoms. The molecule has 6 heteroatoms. The molecule has 1 aromatic rings. The first-order chi connectivity index (χ1) is 7.58. The Labute approximate surface area is 90.5 Å². The van der Waals surface area contributed by atoms with Crippen LogP contribution in [0.5, 0.6) is 0 Å². The molecule has 1 aromatic heterocycles. The normalized spacial score (nSPS) is 15.7. The third-order valence-electron chi connectivity index (χ3n) is 2.47. The lowest BCUT2D eigenvalue weighted by molar-refractivity contribution is -0.146. The Bertz CT molecular complexity index is 443. The highest BCUT2D eigenvalue weighted by Gasteiger charge is 2.36. The van der Waals surface area contributed by atoms with Gasteiger partial charge in [-0.15, -0.1) is 0 Å². The first kappa shape index (κ1) is 10.5. The summed E-state index contributed by atoms with van der Waals surface area (Å²) in [6, 6.07) is 1.09. The van der Waals surface area contributed by atoms with Crippen LogP contribution in [0.1, 0.15) is 10.4 Å². The Morgan fingerprint density at radius 1 is 1.44 bits per heavy atom. The summed E-state index contributed by atoms with van der Waals surface area (Å²) in [4.78, 5) is 27.1. The Hall–Kier alpha value is -1.98. The minimum Gasteiger partial charge on any atom is -0.481 e. The number of likely N-dealkylation sites (tertiary alicyclic amines) is 1. The van der Waals surface area contributed by atoms with Crippen LogP contribution < -0.4 is 0 Å². The van der Waals surface area contributed by atoms with Gasteiger partial charge in [-0.25, -0.2) is 4.39 Å². The minimum atomic E-state index is -0.915. The van der Waals surface area contributed by atoms with E-state index in [1.165, 1.54) is 11.1 Å². The van der Waals surface area contributed by atoms with Crippen molar-refractivity contribution in [1.29, 1.82) is 0 Å². The van der Waals surface area contributed by atoms with Crippen molar-refractivity contribution in [3.63, 3.8) is 0 Å². The van der Waals surface area contributed by atoms with Gasteiger partial charge >= 0.3 is 5.97 Å². The van der Waals surface area contributed by atoms with Crippen LogP contribution in [-0.2, 0) is 4.79 Å². The molecule has 1 aliphatic rings. The number of carbonyl (C=O) groups excluding carboxylic acids is 1. The van der Waals surface area contributed by atoms with Crippen molar-refractivity contribution in [3.05, 3.63) is 29.8 Å². The van der Waals surface area contributed by atoms with Crippen LogP contribution >= 0.6 is 0 Å². The number of hydrogen-bond acceptors (Lipinski definition) is 3. The largest absolute Gasteiger partial charge is 0.481 e. The highest BCUT2D eigenvalue weighted by Crippen LogP contribution is 2.18. The number of carbonyl (C=O) groups is 2. The van der Waals surface area contributed by atoms with Gasteiger partial charge in [0.1, 0.15) is 5.82 Å². The van der Waals surface area contributed by atoms with Gasteiger partial charge in [-0.2, -0.15) is 0 Å². The molecule has 0 unspecified atom stereocenters. The Morgan fingerprint density at radius 2 is 2.12 bits per heavy atom. The summed E-state index contributed by atoms with van der Waals surface area (Å²) >= 11 is 0. The number of aliphatic carboxylic acids is 1. The molecule has 0 radical (unpaired) electrons. The average molecular weight is 224 g/mol. The number of carboxylic acids is 1. The van der Waals surface area contributed by atoms with Crippen LogP contribution in [-0.4, -0.2) is 40.0 Å². The van der Waals surface area contributed by atoms with Gasteiger partial charge in [0.25, 0.3) is 5.91 Å². The highest BCUT2D eigenvalue weighted by molar-refractivity contribution is 5.95. The molecule has 84 valence electrons.